The molecule has 1 aliphatic rings. The highest BCUT2D eigenvalue weighted by atomic mass is 16.5. The van der Waals surface area contributed by atoms with Crippen LogP contribution in [0, 0.1) is 5.92 Å². The van der Waals surface area contributed by atoms with E-state index in [9.17, 15) is 9.59 Å². The van der Waals surface area contributed by atoms with Gasteiger partial charge in [0.1, 0.15) is 5.75 Å². The Balaban J connectivity index is 1.84. The number of hydrogen-bond donors (Lipinski definition) is 2. The van der Waals surface area contributed by atoms with Gasteiger partial charge in [-0.3, -0.25) is 9.59 Å². The molecule has 0 aromatic heterocycles. The monoisotopic (exact) mass is 318 g/mol. The lowest BCUT2D eigenvalue weighted by molar-refractivity contribution is -0.137. The van der Waals surface area contributed by atoms with Crippen LogP contribution in [0.2, 0.25) is 0 Å². The number of hydrogen-bond acceptors (Lipinski definition) is 3. The maximum atomic E-state index is 12.0. The molecular weight excluding hydrogens is 292 g/mol. The first-order valence-electron chi connectivity index (χ1n) is 8.45. The standard InChI is InChI=1S/C18H26N2O3/c1-3-12-23-15-10-8-14(9-11-15)19-17(21)18(22)20-16-7-5-4-6-13(16)2/h8-11,13,16H,3-7,12H2,1-2H3,(H,19,21)(H,20,22)/t13-,16+/m0/s1. The van der Waals surface area contributed by atoms with Gasteiger partial charge in [0.05, 0.1) is 6.61 Å². The molecule has 126 valence electrons. The van der Waals surface area contributed by atoms with Crippen LogP contribution >= 0.6 is 0 Å². The lowest BCUT2D eigenvalue weighted by Gasteiger charge is -2.29. The van der Waals surface area contributed by atoms with Gasteiger partial charge in [-0.1, -0.05) is 26.7 Å². The molecule has 2 N–H and O–H groups in total. The summed E-state index contributed by atoms with van der Waals surface area (Å²) in [5.74, 6) is 0.000823. The van der Waals surface area contributed by atoms with Gasteiger partial charge in [-0.15, -0.1) is 0 Å². The summed E-state index contributed by atoms with van der Waals surface area (Å²) in [6.07, 6.45) is 5.30. The normalized spacial score (nSPS) is 20.6. The minimum atomic E-state index is -0.620. The summed E-state index contributed by atoms with van der Waals surface area (Å²) in [5.41, 5.74) is 0.589. The molecular formula is C18H26N2O3. The van der Waals surface area contributed by atoms with Crippen molar-refractivity contribution in [2.75, 3.05) is 11.9 Å². The number of benzene rings is 1. The molecule has 0 aliphatic heterocycles. The van der Waals surface area contributed by atoms with Crippen LogP contribution < -0.4 is 15.4 Å². The van der Waals surface area contributed by atoms with Gasteiger partial charge in [0.25, 0.3) is 0 Å². The molecule has 2 atom stereocenters. The highest BCUT2D eigenvalue weighted by molar-refractivity contribution is 6.39. The van der Waals surface area contributed by atoms with E-state index in [1.165, 1.54) is 6.42 Å². The average Bonchev–Trinajstić information content (AvgIpc) is 2.56. The quantitative estimate of drug-likeness (QED) is 0.820. The first-order valence-corrected chi connectivity index (χ1v) is 8.45. The summed E-state index contributed by atoms with van der Waals surface area (Å²) in [5, 5.41) is 5.48. The molecule has 23 heavy (non-hydrogen) atoms. The van der Waals surface area contributed by atoms with Crippen molar-refractivity contribution in [2.24, 2.45) is 5.92 Å². The molecule has 1 fully saturated rings. The Morgan fingerprint density at radius 3 is 2.48 bits per heavy atom. The molecule has 2 amide bonds. The molecule has 1 saturated carbocycles. The van der Waals surface area contributed by atoms with Gasteiger partial charge in [0.15, 0.2) is 0 Å². The molecule has 5 nitrogen and oxygen atoms in total. The lowest BCUT2D eigenvalue weighted by Crippen LogP contribution is -2.45. The van der Waals surface area contributed by atoms with Crippen molar-refractivity contribution in [1.29, 1.82) is 0 Å². The van der Waals surface area contributed by atoms with E-state index in [0.717, 1.165) is 31.4 Å². The fourth-order valence-corrected chi connectivity index (χ4v) is 2.81. The Hall–Kier alpha value is -2.04. The highest BCUT2D eigenvalue weighted by Crippen LogP contribution is 2.23. The Morgan fingerprint density at radius 2 is 1.83 bits per heavy atom. The Bertz CT molecular complexity index is 528. The van der Waals surface area contributed by atoms with Crippen LogP contribution in [0.15, 0.2) is 24.3 Å². The van der Waals surface area contributed by atoms with E-state index in [-0.39, 0.29) is 6.04 Å². The van der Waals surface area contributed by atoms with Crippen LogP contribution in [-0.2, 0) is 9.59 Å². The summed E-state index contributed by atoms with van der Waals surface area (Å²) in [4.78, 5) is 24.0. The fourth-order valence-electron chi connectivity index (χ4n) is 2.81. The van der Waals surface area contributed by atoms with Gasteiger partial charge < -0.3 is 15.4 Å². The topological polar surface area (TPSA) is 67.4 Å². The van der Waals surface area contributed by atoms with Crippen molar-refractivity contribution in [3.63, 3.8) is 0 Å². The fraction of sp³-hybridized carbons (Fsp3) is 0.556. The minimum absolute atomic E-state index is 0.104. The van der Waals surface area contributed by atoms with E-state index in [1.54, 1.807) is 24.3 Å². The molecule has 2 rings (SSSR count). The summed E-state index contributed by atoms with van der Waals surface area (Å²) in [6, 6.07) is 7.14. The number of carbonyl (C=O) groups excluding carboxylic acids is 2. The number of amides is 2. The molecule has 0 heterocycles. The van der Waals surface area contributed by atoms with Crippen LogP contribution in [0.3, 0.4) is 0 Å². The van der Waals surface area contributed by atoms with Crippen molar-refractivity contribution >= 4 is 17.5 Å². The third-order valence-corrected chi connectivity index (χ3v) is 4.22. The van der Waals surface area contributed by atoms with Crippen molar-refractivity contribution in [3.8, 4) is 5.75 Å². The average molecular weight is 318 g/mol. The van der Waals surface area contributed by atoms with Gasteiger partial charge >= 0.3 is 11.8 Å². The van der Waals surface area contributed by atoms with E-state index in [4.69, 9.17) is 4.74 Å². The zero-order chi connectivity index (χ0) is 16.7. The second-order valence-electron chi connectivity index (χ2n) is 6.17. The van der Waals surface area contributed by atoms with Gasteiger partial charge in [0, 0.05) is 11.7 Å². The second kappa shape index (κ2) is 8.56. The number of rotatable bonds is 5. The predicted molar refractivity (Wildman–Crippen MR) is 90.4 cm³/mol. The summed E-state index contributed by atoms with van der Waals surface area (Å²) in [7, 11) is 0. The van der Waals surface area contributed by atoms with Gasteiger partial charge in [-0.25, -0.2) is 0 Å². The Labute approximate surface area is 137 Å². The van der Waals surface area contributed by atoms with Crippen LogP contribution in [0.4, 0.5) is 5.69 Å². The first-order chi connectivity index (χ1) is 11.1. The SMILES string of the molecule is CCCOc1ccc(NC(=O)C(=O)N[C@@H]2CCCC[C@@H]2C)cc1. The predicted octanol–water partition coefficient (Wildman–Crippen LogP) is 3.11. The number of ether oxygens (including phenoxy) is 1. The molecule has 5 heteroatoms. The highest BCUT2D eigenvalue weighted by Gasteiger charge is 2.25. The van der Waals surface area contributed by atoms with E-state index >= 15 is 0 Å². The van der Waals surface area contributed by atoms with E-state index in [2.05, 4.69) is 17.6 Å². The van der Waals surface area contributed by atoms with Crippen molar-refractivity contribution in [1.82, 2.24) is 5.32 Å². The number of nitrogens with one attached hydrogen (secondary N) is 2. The summed E-state index contributed by atoms with van der Waals surface area (Å²) < 4.78 is 5.48. The molecule has 0 radical (unpaired) electrons. The summed E-state index contributed by atoms with van der Waals surface area (Å²) >= 11 is 0. The smallest absolute Gasteiger partial charge is 0.313 e. The maximum Gasteiger partial charge on any atom is 0.313 e. The molecule has 1 aliphatic carbocycles. The molecule has 0 bridgehead atoms. The Kier molecular flexibility index (Phi) is 6.44. The molecule has 1 aromatic rings. The van der Waals surface area contributed by atoms with E-state index in [0.29, 0.717) is 18.2 Å². The third-order valence-electron chi connectivity index (χ3n) is 4.22. The second-order valence-corrected chi connectivity index (χ2v) is 6.17. The van der Waals surface area contributed by atoms with Crippen LogP contribution in [0.5, 0.6) is 5.75 Å². The van der Waals surface area contributed by atoms with Crippen LogP contribution in [0.1, 0.15) is 46.0 Å². The third kappa shape index (κ3) is 5.27. The van der Waals surface area contributed by atoms with Gasteiger partial charge in [0.2, 0.25) is 0 Å². The number of carbonyl (C=O) groups is 2. The molecule has 1 aromatic carbocycles. The van der Waals surface area contributed by atoms with Crippen molar-refractivity contribution in [2.45, 2.75) is 52.0 Å². The first kappa shape index (κ1) is 17.3. The van der Waals surface area contributed by atoms with E-state index < -0.39 is 11.8 Å². The van der Waals surface area contributed by atoms with Crippen molar-refractivity contribution < 1.29 is 14.3 Å². The molecule has 0 spiro atoms. The van der Waals surface area contributed by atoms with Crippen molar-refractivity contribution in [3.05, 3.63) is 24.3 Å². The van der Waals surface area contributed by atoms with E-state index in [1.807, 2.05) is 6.92 Å². The zero-order valence-electron chi connectivity index (χ0n) is 13.9. The molecule has 0 saturated heterocycles. The van der Waals surface area contributed by atoms with Crippen LogP contribution in [0.25, 0.3) is 0 Å². The van der Waals surface area contributed by atoms with Crippen LogP contribution in [-0.4, -0.2) is 24.5 Å². The maximum absolute atomic E-state index is 12.0. The minimum Gasteiger partial charge on any atom is -0.494 e. The van der Waals surface area contributed by atoms with Gasteiger partial charge in [-0.2, -0.15) is 0 Å². The molecule has 0 unspecified atom stereocenters. The summed E-state index contributed by atoms with van der Waals surface area (Å²) in [6.45, 7) is 4.82. The largest absolute Gasteiger partial charge is 0.494 e. The Morgan fingerprint density at radius 1 is 1.13 bits per heavy atom. The number of anilines is 1. The zero-order valence-corrected chi connectivity index (χ0v) is 13.9. The van der Waals surface area contributed by atoms with Gasteiger partial charge in [-0.05, 0) is 49.4 Å². The lowest BCUT2D eigenvalue weighted by atomic mass is 9.86.